The van der Waals surface area contributed by atoms with Crippen LogP contribution in [0.25, 0.3) is 0 Å². The van der Waals surface area contributed by atoms with Gasteiger partial charge in [0.15, 0.2) is 0 Å². The van der Waals surface area contributed by atoms with Crippen LogP contribution in [0, 0.1) is 11.6 Å². The van der Waals surface area contributed by atoms with E-state index in [9.17, 15) is 17.2 Å². The molecule has 7 heteroatoms. The van der Waals surface area contributed by atoms with Crippen molar-refractivity contribution in [3.63, 3.8) is 0 Å². The minimum atomic E-state index is -3.59. The van der Waals surface area contributed by atoms with Crippen LogP contribution >= 0.6 is 11.8 Å². The van der Waals surface area contributed by atoms with Crippen LogP contribution in [-0.2, 0) is 21.5 Å². The van der Waals surface area contributed by atoms with Crippen LogP contribution in [0.4, 0.5) is 8.78 Å². The molecule has 0 amide bonds. The molecule has 0 aliphatic carbocycles. The summed E-state index contributed by atoms with van der Waals surface area (Å²) in [5.74, 6) is -0.212. The molecule has 2 rings (SSSR count). The third-order valence-electron chi connectivity index (χ3n) is 3.09. The molecule has 2 aromatic carbocycles. The van der Waals surface area contributed by atoms with E-state index in [1.807, 2.05) is 0 Å². The number of hydrogen-bond donors (Lipinski definition) is 1. The highest BCUT2D eigenvalue weighted by molar-refractivity contribution is 7.98. The molecule has 0 atom stereocenters. The molecule has 0 fully saturated rings. The summed E-state index contributed by atoms with van der Waals surface area (Å²) in [4.78, 5) is 0. The molecule has 0 saturated heterocycles. The third-order valence-corrected chi connectivity index (χ3v) is 5.43. The van der Waals surface area contributed by atoms with Crippen LogP contribution in [0.2, 0.25) is 0 Å². The Morgan fingerprint density at radius 3 is 2.09 bits per heavy atom. The molecule has 0 spiro atoms. The Bertz CT molecular complexity index is 751. The van der Waals surface area contributed by atoms with Crippen LogP contribution in [-0.4, -0.2) is 20.7 Å². The summed E-state index contributed by atoms with van der Waals surface area (Å²) >= 11 is 1.43. The fraction of sp³-hybridized carbons (Fsp3) is 0.250. The first-order valence-electron chi connectivity index (χ1n) is 7.00. The van der Waals surface area contributed by atoms with Crippen LogP contribution in [0.15, 0.2) is 48.5 Å². The van der Waals surface area contributed by atoms with Gasteiger partial charge in [0.2, 0.25) is 10.0 Å². The maximum atomic E-state index is 13.5. The standard InChI is InChI=1S/C16H17F2NO2S2/c17-15-7-3-1-5-13(15)11-22-10-9-19-23(20,21)12-14-6-2-4-8-16(14)18/h1-8,19H,9-12H2. The minimum absolute atomic E-state index is 0.138. The number of hydrogen-bond acceptors (Lipinski definition) is 3. The van der Waals surface area contributed by atoms with Gasteiger partial charge in [0.1, 0.15) is 11.6 Å². The maximum Gasteiger partial charge on any atom is 0.215 e. The Labute approximate surface area is 139 Å². The molecular formula is C16H17F2NO2S2. The van der Waals surface area contributed by atoms with E-state index in [4.69, 9.17) is 0 Å². The lowest BCUT2D eigenvalue weighted by Gasteiger charge is -2.08. The highest BCUT2D eigenvalue weighted by Crippen LogP contribution is 2.15. The number of rotatable bonds is 8. The quantitative estimate of drug-likeness (QED) is 0.737. The van der Waals surface area contributed by atoms with Gasteiger partial charge in [-0.3, -0.25) is 0 Å². The van der Waals surface area contributed by atoms with Crippen molar-refractivity contribution in [3.8, 4) is 0 Å². The lowest BCUT2D eigenvalue weighted by molar-refractivity contribution is 0.577. The zero-order chi connectivity index (χ0) is 16.7. The second-order valence-corrected chi connectivity index (χ2v) is 7.80. The second-order valence-electron chi connectivity index (χ2n) is 4.89. The Morgan fingerprint density at radius 1 is 0.913 bits per heavy atom. The van der Waals surface area contributed by atoms with E-state index in [-0.39, 0.29) is 17.9 Å². The number of benzene rings is 2. The van der Waals surface area contributed by atoms with Crippen molar-refractivity contribution in [1.82, 2.24) is 4.72 Å². The van der Waals surface area contributed by atoms with Crippen molar-refractivity contribution in [3.05, 3.63) is 71.3 Å². The highest BCUT2D eigenvalue weighted by atomic mass is 32.2. The summed E-state index contributed by atoms with van der Waals surface area (Å²) in [7, 11) is -3.59. The van der Waals surface area contributed by atoms with Crippen molar-refractivity contribution < 1.29 is 17.2 Å². The monoisotopic (exact) mass is 357 g/mol. The van der Waals surface area contributed by atoms with Gasteiger partial charge >= 0.3 is 0 Å². The van der Waals surface area contributed by atoms with Crippen molar-refractivity contribution in [1.29, 1.82) is 0 Å². The zero-order valence-corrected chi connectivity index (χ0v) is 14.0. The predicted octanol–water partition coefficient (Wildman–Crippen LogP) is 3.32. The van der Waals surface area contributed by atoms with E-state index < -0.39 is 21.6 Å². The Kier molecular flexibility index (Phi) is 6.56. The summed E-state index contributed by atoms with van der Waals surface area (Å²) in [6.45, 7) is 0.218. The van der Waals surface area contributed by atoms with Crippen LogP contribution in [0.3, 0.4) is 0 Å². The van der Waals surface area contributed by atoms with Crippen LogP contribution in [0.5, 0.6) is 0 Å². The number of halogens is 2. The summed E-state index contributed by atoms with van der Waals surface area (Å²) in [6.07, 6.45) is 0. The highest BCUT2D eigenvalue weighted by Gasteiger charge is 2.13. The van der Waals surface area contributed by atoms with E-state index in [1.54, 1.807) is 24.3 Å². The minimum Gasteiger partial charge on any atom is -0.214 e. The van der Waals surface area contributed by atoms with Crippen LogP contribution in [0.1, 0.15) is 11.1 Å². The molecule has 0 aliphatic heterocycles. The van der Waals surface area contributed by atoms with Gasteiger partial charge in [-0.1, -0.05) is 36.4 Å². The molecule has 0 bridgehead atoms. The normalized spacial score (nSPS) is 11.6. The van der Waals surface area contributed by atoms with Crippen LogP contribution < -0.4 is 4.72 Å². The number of sulfonamides is 1. The summed E-state index contributed by atoms with van der Waals surface area (Å²) in [6, 6.07) is 12.3. The van der Waals surface area contributed by atoms with E-state index in [2.05, 4.69) is 4.72 Å². The lowest BCUT2D eigenvalue weighted by atomic mass is 10.2. The number of thioether (sulfide) groups is 1. The molecule has 0 aromatic heterocycles. The average molecular weight is 357 g/mol. The van der Waals surface area contributed by atoms with Gasteiger partial charge in [0.05, 0.1) is 5.75 Å². The van der Waals surface area contributed by atoms with Gasteiger partial charge < -0.3 is 0 Å². The Balaban J connectivity index is 1.75. The fourth-order valence-electron chi connectivity index (χ4n) is 1.94. The van der Waals surface area contributed by atoms with Crippen molar-refractivity contribution in [2.24, 2.45) is 0 Å². The van der Waals surface area contributed by atoms with Gasteiger partial charge in [0.25, 0.3) is 0 Å². The molecule has 0 heterocycles. The molecular weight excluding hydrogens is 340 g/mol. The van der Waals surface area contributed by atoms with Crippen molar-refractivity contribution in [2.75, 3.05) is 12.3 Å². The van der Waals surface area contributed by atoms with Gasteiger partial charge in [-0.25, -0.2) is 21.9 Å². The molecule has 2 aromatic rings. The molecule has 0 unspecified atom stereocenters. The first-order chi connectivity index (χ1) is 11.0. The number of nitrogens with one attached hydrogen (secondary N) is 1. The second kappa shape index (κ2) is 8.42. The largest absolute Gasteiger partial charge is 0.215 e. The topological polar surface area (TPSA) is 46.2 Å². The Morgan fingerprint density at radius 2 is 1.48 bits per heavy atom. The predicted molar refractivity (Wildman–Crippen MR) is 89.6 cm³/mol. The van der Waals surface area contributed by atoms with E-state index in [0.717, 1.165) is 0 Å². The first kappa shape index (κ1) is 17.9. The summed E-state index contributed by atoms with van der Waals surface area (Å²) in [5, 5.41) is 0. The van der Waals surface area contributed by atoms with E-state index in [0.29, 0.717) is 17.1 Å². The first-order valence-corrected chi connectivity index (χ1v) is 9.80. The smallest absolute Gasteiger partial charge is 0.214 e. The molecule has 3 nitrogen and oxygen atoms in total. The molecule has 0 saturated carbocycles. The SMILES string of the molecule is O=S(=O)(Cc1ccccc1F)NCCSCc1ccccc1F. The average Bonchev–Trinajstić information content (AvgIpc) is 2.51. The maximum absolute atomic E-state index is 13.5. The van der Waals surface area contributed by atoms with Gasteiger partial charge in [-0.15, -0.1) is 0 Å². The molecule has 0 aliphatic rings. The third kappa shape index (κ3) is 5.93. The Hall–Kier alpha value is -1.44. The van der Waals surface area contributed by atoms with Crippen molar-refractivity contribution >= 4 is 21.8 Å². The van der Waals surface area contributed by atoms with E-state index >= 15 is 0 Å². The van der Waals surface area contributed by atoms with Gasteiger partial charge in [-0.2, -0.15) is 11.8 Å². The summed E-state index contributed by atoms with van der Waals surface area (Å²) in [5.41, 5.74) is 0.728. The summed E-state index contributed by atoms with van der Waals surface area (Å²) < 4.78 is 53.1. The molecule has 23 heavy (non-hydrogen) atoms. The van der Waals surface area contributed by atoms with Crippen molar-refractivity contribution in [2.45, 2.75) is 11.5 Å². The van der Waals surface area contributed by atoms with E-state index in [1.165, 1.54) is 36.0 Å². The molecule has 1 N–H and O–H groups in total. The zero-order valence-electron chi connectivity index (χ0n) is 12.3. The lowest BCUT2D eigenvalue weighted by Crippen LogP contribution is -2.27. The van der Waals surface area contributed by atoms with Gasteiger partial charge in [0, 0.05) is 23.6 Å². The molecule has 124 valence electrons. The van der Waals surface area contributed by atoms with Gasteiger partial charge in [-0.05, 0) is 17.7 Å². The fourth-order valence-corrected chi connectivity index (χ4v) is 4.07. The molecule has 0 radical (unpaired) electrons.